The van der Waals surface area contributed by atoms with Crippen LogP contribution in [-0.2, 0) is 38.7 Å². The molecule has 5 atom stereocenters. The average molecular weight is 715 g/mol. The van der Waals surface area contributed by atoms with Crippen LogP contribution in [0.5, 0.6) is 0 Å². The molecule has 0 bridgehead atoms. The lowest BCUT2D eigenvalue weighted by atomic mass is 9.90. The normalized spacial score (nSPS) is 13.9. The lowest BCUT2D eigenvalue weighted by Crippen LogP contribution is -2.52. The van der Waals surface area contributed by atoms with E-state index < -0.39 is 41.8 Å². The summed E-state index contributed by atoms with van der Waals surface area (Å²) in [5.74, 6) is -2.30. The van der Waals surface area contributed by atoms with Gasteiger partial charge in [-0.05, 0) is 54.4 Å². The van der Waals surface area contributed by atoms with Crippen LogP contribution in [0.3, 0.4) is 0 Å². The van der Waals surface area contributed by atoms with E-state index in [1.54, 1.807) is 37.1 Å². The molecule has 0 spiro atoms. The highest BCUT2D eigenvalue weighted by molar-refractivity contribution is 7.98. The number of hydrogen-bond acceptors (Lipinski definition) is 9. The molecule has 1 aromatic heterocycles. The van der Waals surface area contributed by atoms with Gasteiger partial charge in [-0.15, -0.1) is 0 Å². The number of thioether (sulfide) groups is 1. The van der Waals surface area contributed by atoms with Crippen molar-refractivity contribution in [2.24, 2.45) is 22.9 Å². The lowest BCUT2D eigenvalue weighted by molar-refractivity contribution is -0.132. The van der Waals surface area contributed by atoms with E-state index in [-0.39, 0.29) is 42.7 Å². The Morgan fingerprint density at radius 3 is 2.14 bits per heavy atom. The van der Waals surface area contributed by atoms with Crippen LogP contribution in [0.1, 0.15) is 50.3 Å². The number of aromatic nitrogens is 1. The molecule has 0 radical (unpaired) electrons. The molecule has 0 saturated carbocycles. The first kappa shape index (κ1) is 40.6. The molecule has 1 heterocycles. The average Bonchev–Trinajstić information content (AvgIpc) is 3.14. The van der Waals surface area contributed by atoms with Crippen LogP contribution >= 0.6 is 11.8 Å². The van der Waals surface area contributed by atoms with E-state index in [0.29, 0.717) is 18.7 Å². The van der Waals surface area contributed by atoms with Crippen LogP contribution in [-0.4, -0.2) is 58.6 Å². The molecule has 1 unspecified atom stereocenters. The van der Waals surface area contributed by atoms with Crippen LogP contribution in [0.2, 0.25) is 0 Å². The van der Waals surface area contributed by atoms with Crippen LogP contribution in [0.4, 0.5) is 0 Å². The number of hydrogen-bond donors (Lipinski definition) is 4. The predicted molar refractivity (Wildman–Crippen MR) is 203 cm³/mol. The topological polar surface area (TPSA) is 163 Å². The molecule has 3 aromatic rings. The Hall–Kier alpha value is -4.84. The van der Waals surface area contributed by atoms with Gasteiger partial charge in [0.15, 0.2) is 0 Å². The summed E-state index contributed by atoms with van der Waals surface area (Å²) in [6.45, 7) is 9.76. The number of allylic oxidation sites excluding steroid dienone is 1. The third kappa shape index (κ3) is 13.4. The summed E-state index contributed by atoms with van der Waals surface area (Å²) in [7, 11) is 0. The summed E-state index contributed by atoms with van der Waals surface area (Å²) in [4.78, 5) is 57.0. The van der Waals surface area contributed by atoms with Gasteiger partial charge in [0, 0.05) is 30.4 Å². The number of amides is 3. The highest BCUT2D eigenvalue weighted by atomic mass is 32.2. The molecule has 0 aliphatic heterocycles. The lowest BCUT2D eigenvalue weighted by Gasteiger charge is -2.28. The molecule has 12 heteroatoms. The second-order valence-corrected chi connectivity index (χ2v) is 13.9. The summed E-state index contributed by atoms with van der Waals surface area (Å²) in [5, 5.41) is 21.0. The Labute approximate surface area is 305 Å². The van der Waals surface area contributed by atoms with Crippen LogP contribution < -0.4 is 16.0 Å². The van der Waals surface area contributed by atoms with Crippen molar-refractivity contribution in [2.45, 2.75) is 71.3 Å². The predicted octanol–water partition coefficient (Wildman–Crippen LogP) is 5.85. The fourth-order valence-corrected chi connectivity index (χ4v) is 5.95. The van der Waals surface area contributed by atoms with E-state index in [1.165, 1.54) is 0 Å². The molecule has 0 aliphatic carbocycles. The molecule has 4 N–H and O–H groups in total. The quantitative estimate of drug-likeness (QED) is 0.0577. The first-order chi connectivity index (χ1) is 24.5. The summed E-state index contributed by atoms with van der Waals surface area (Å²) in [6.07, 6.45) is 5.87. The van der Waals surface area contributed by atoms with E-state index in [4.69, 9.17) is 10.1 Å². The number of pyridine rings is 1. The molecule has 51 heavy (non-hydrogen) atoms. The molecule has 0 fully saturated rings. The van der Waals surface area contributed by atoms with Gasteiger partial charge >= 0.3 is 0 Å². The van der Waals surface area contributed by atoms with Gasteiger partial charge in [-0.3, -0.25) is 19.4 Å². The Morgan fingerprint density at radius 1 is 0.902 bits per heavy atom. The molecule has 2 aromatic carbocycles. The summed E-state index contributed by atoms with van der Waals surface area (Å²) in [6, 6.07) is 19.9. The van der Waals surface area contributed by atoms with E-state index in [2.05, 4.69) is 32.7 Å². The number of nitroso groups, excluding NO2 is 1. The van der Waals surface area contributed by atoms with E-state index >= 15 is 0 Å². The largest absolute Gasteiger partial charge is 0.488 e. The van der Waals surface area contributed by atoms with Crippen molar-refractivity contribution in [3.63, 3.8) is 0 Å². The summed E-state index contributed by atoms with van der Waals surface area (Å²) in [5.41, 5.74) is 2.54. The zero-order valence-corrected chi connectivity index (χ0v) is 30.7. The smallest absolute Gasteiger partial charge is 0.243 e. The van der Waals surface area contributed by atoms with E-state index in [0.717, 1.165) is 16.7 Å². The Bertz CT molecular complexity index is 1570. The van der Waals surface area contributed by atoms with Gasteiger partial charge in [0.1, 0.15) is 24.4 Å². The number of rotatable bonds is 22. The maximum atomic E-state index is 13.9. The van der Waals surface area contributed by atoms with E-state index in [1.807, 2.05) is 86.8 Å². The molecular formula is C39H50N6O5S. The van der Waals surface area contributed by atoms with Crippen molar-refractivity contribution in [1.82, 2.24) is 20.9 Å². The minimum absolute atomic E-state index is 0.0252. The van der Waals surface area contributed by atoms with Gasteiger partial charge in [0.25, 0.3) is 0 Å². The zero-order chi connectivity index (χ0) is 37.2. The maximum Gasteiger partial charge on any atom is 0.243 e. The fourth-order valence-electron chi connectivity index (χ4n) is 5.48. The van der Waals surface area contributed by atoms with Gasteiger partial charge in [-0.1, -0.05) is 99.3 Å². The molecule has 11 nitrogen and oxygen atoms in total. The Kier molecular flexibility index (Phi) is 17.0. The SMILES string of the molecule is C=C(OCc1cccnc1)C(=N)[C@@H](CCSC)C(=O)NC(Cc1ccccc1)[C@H](C[C@@H](C)C(=O)N[C@H](C(=O)NCc1ccccc1)C(C)C)N=O. The standard InChI is InChI=1S/C39H50N6O5S/c1-26(2)36(39(48)42-24-30-15-10-7-11-16-30)44-37(46)27(3)21-34(45-49)33(22-29-13-8-6-9-14-29)43-38(47)32(18-20-51-5)35(40)28(4)50-25-31-17-12-19-41-23-31/h6-17,19,23,26-27,32-34,36,40H,4,18,20-22,24-25H2,1-3,5H3,(H,42,48)(H,43,47)(H,44,46)/t27-,32-,33?,34+,36+/m1/s1. The first-order valence-electron chi connectivity index (χ1n) is 17.1. The zero-order valence-electron chi connectivity index (χ0n) is 29.8. The van der Waals surface area contributed by atoms with Gasteiger partial charge in [0.2, 0.25) is 17.7 Å². The van der Waals surface area contributed by atoms with Crippen molar-refractivity contribution < 1.29 is 19.1 Å². The maximum absolute atomic E-state index is 13.9. The van der Waals surface area contributed by atoms with Crippen molar-refractivity contribution in [3.8, 4) is 0 Å². The number of nitrogens with zero attached hydrogens (tertiary/aromatic N) is 2. The Morgan fingerprint density at radius 2 is 1.55 bits per heavy atom. The van der Waals surface area contributed by atoms with Gasteiger partial charge in [-0.25, -0.2) is 0 Å². The monoisotopic (exact) mass is 714 g/mol. The van der Waals surface area contributed by atoms with Crippen molar-refractivity contribution in [3.05, 3.63) is 119 Å². The number of carbonyl (C=O) groups excluding carboxylic acids is 3. The van der Waals surface area contributed by atoms with Crippen molar-refractivity contribution in [2.75, 3.05) is 12.0 Å². The highest BCUT2D eigenvalue weighted by Gasteiger charge is 2.34. The van der Waals surface area contributed by atoms with Crippen LogP contribution in [0.25, 0.3) is 0 Å². The number of ether oxygens (including phenoxy) is 1. The second-order valence-electron chi connectivity index (χ2n) is 12.9. The Balaban J connectivity index is 1.74. The van der Waals surface area contributed by atoms with Crippen molar-refractivity contribution >= 4 is 35.2 Å². The third-order valence-corrected chi connectivity index (χ3v) is 9.18. The number of benzene rings is 2. The number of nitrogens with one attached hydrogen (secondary N) is 4. The van der Waals surface area contributed by atoms with Gasteiger partial charge in [-0.2, -0.15) is 16.7 Å². The second kappa shape index (κ2) is 21.4. The van der Waals surface area contributed by atoms with Gasteiger partial charge in [0.05, 0.1) is 17.7 Å². The molecule has 3 rings (SSSR count). The van der Waals surface area contributed by atoms with Gasteiger partial charge < -0.3 is 26.1 Å². The minimum Gasteiger partial charge on any atom is -0.488 e. The summed E-state index contributed by atoms with van der Waals surface area (Å²) >= 11 is 1.54. The minimum atomic E-state index is -0.986. The van der Waals surface area contributed by atoms with Crippen LogP contribution in [0.15, 0.2) is 103 Å². The summed E-state index contributed by atoms with van der Waals surface area (Å²) < 4.78 is 5.76. The molecule has 0 saturated heterocycles. The number of carbonyl (C=O) groups is 3. The molecule has 0 aliphatic rings. The fraction of sp³-hybridized carbons (Fsp3) is 0.410. The van der Waals surface area contributed by atoms with Crippen molar-refractivity contribution in [1.29, 1.82) is 5.41 Å². The highest BCUT2D eigenvalue weighted by Crippen LogP contribution is 2.21. The third-order valence-electron chi connectivity index (χ3n) is 8.54. The van der Waals surface area contributed by atoms with E-state index in [9.17, 15) is 19.3 Å². The molecular weight excluding hydrogens is 665 g/mol. The first-order valence-corrected chi connectivity index (χ1v) is 18.5. The molecule has 3 amide bonds. The van der Waals surface area contributed by atoms with Crippen LogP contribution in [0, 0.1) is 28.1 Å². The molecule has 272 valence electrons.